The maximum Gasteiger partial charge on any atom is 0.257 e. The highest BCUT2D eigenvalue weighted by Crippen LogP contribution is 2.08. The number of likely N-dealkylation sites (N-methyl/N-ethyl adjacent to an activating group) is 1. The van der Waals surface area contributed by atoms with E-state index in [2.05, 4.69) is 9.82 Å². The van der Waals surface area contributed by atoms with Gasteiger partial charge in [-0.1, -0.05) is 6.92 Å². The van der Waals surface area contributed by atoms with E-state index >= 15 is 0 Å². The predicted octanol–water partition coefficient (Wildman–Crippen LogP) is -0.506. The SMILES string of the molecule is CCCn1nccc1S(=O)(=O)NCC(O)CN(C)C. The first kappa shape index (κ1) is 16.1. The number of aliphatic hydroxyl groups excluding tert-OH is 1. The Kier molecular flexibility index (Phi) is 5.92. The van der Waals surface area contributed by atoms with E-state index < -0.39 is 16.1 Å². The molecular formula is C11H22N4O3S. The maximum absolute atomic E-state index is 12.1. The van der Waals surface area contributed by atoms with Gasteiger partial charge in [0, 0.05) is 19.6 Å². The molecule has 0 aliphatic rings. The molecule has 110 valence electrons. The van der Waals surface area contributed by atoms with Gasteiger partial charge in [0.05, 0.1) is 12.3 Å². The number of aliphatic hydroxyl groups is 1. The van der Waals surface area contributed by atoms with Crippen molar-refractivity contribution in [1.29, 1.82) is 0 Å². The summed E-state index contributed by atoms with van der Waals surface area (Å²) < 4.78 is 28.0. The van der Waals surface area contributed by atoms with Crippen LogP contribution in [0.1, 0.15) is 13.3 Å². The highest BCUT2D eigenvalue weighted by atomic mass is 32.2. The first-order valence-corrected chi connectivity index (χ1v) is 7.69. The number of aryl methyl sites for hydroxylation is 1. The summed E-state index contributed by atoms with van der Waals surface area (Å²) in [5.41, 5.74) is 0. The van der Waals surface area contributed by atoms with Gasteiger partial charge in [0.15, 0.2) is 5.03 Å². The Labute approximate surface area is 114 Å². The largest absolute Gasteiger partial charge is 0.390 e. The Morgan fingerprint density at radius 2 is 2.21 bits per heavy atom. The van der Waals surface area contributed by atoms with Crippen molar-refractivity contribution in [3.05, 3.63) is 12.3 Å². The lowest BCUT2D eigenvalue weighted by Gasteiger charge is -2.16. The van der Waals surface area contributed by atoms with Gasteiger partial charge < -0.3 is 10.0 Å². The van der Waals surface area contributed by atoms with E-state index in [1.54, 1.807) is 4.90 Å². The van der Waals surface area contributed by atoms with Crippen molar-refractivity contribution < 1.29 is 13.5 Å². The molecule has 1 aromatic rings. The van der Waals surface area contributed by atoms with Crippen LogP contribution < -0.4 is 4.72 Å². The van der Waals surface area contributed by atoms with Gasteiger partial charge in [-0.15, -0.1) is 0 Å². The number of nitrogens with zero attached hydrogens (tertiary/aromatic N) is 3. The Morgan fingerprint density at radius 3 is 2.79 bits per heavy atom. The first-order chi connectivity index (χ1) is 8.86. The summed E-state index contributed by atoms with van der Waals surface area (Å²) in [5, 5.41) is 13.8. The van der Waals surface area contributed by atoms with E-state index in [-0.39, 0.29) is 11.6 Å². The number of hydrogen-bond acceptors (Lipinski definition) is 5. The van der Waals surface area contributed by atoms with Crippen LogP contribution in [0, 0.1) is 0 Å². The lowest BCUT2D eigenvalue weighted by atomic mass is 10.3. The molecular weight excluding hydrogens is 268 g/mol. The molecule has 0 radical (unpaired) electrons. The first-order valence-electron chi connectivity index (χ1n) is 6.21. The molecule has 8 heteroatoms. The molecule has 7 nitrogen and oxygen atoms in total. The molecule has 2 N–H and O–H groups in total. The maximum atomic E-state index is 12.1. The third-order valence-corrected chi connectivity index (χ3v) is 3.92. The van der Waals surface area contributed by atoms with Gasteiger partial charge in [0.1, 0.15) is 0 Å². The molecule has 0 aromatic carbocycles. The summed E-state index contributed by atoms with van der Waals surface area (Å²) in [7, 11) is -0.00164. The van der Waals surface area contributed by atoms with Crippen LogP contribution in [0.3, 0.4) is 0 Å². The molecule has 0 spiro atoms. The highest BCUT2D eigenvalue weighted by Gasteiger charge is 2.20. The van der Waals surface area contributed by atoms with Crippen LogP contribution in [0.4, 0.5) is 0 Å². The molecule has 19 heavy (non-hydrogen) atoms. The van der Waals surface area contributed by atoms with Crippen molar-refractivity contribution in [3.8, 4) is 0 Å². The number of nitrogens with one attached hydrogen (secondary N) is 1. The zero-order chi connectivity index (χ0) is 14.5. The number of rotatable bonds is 8. The lowest BCUT2D eigenvalue weighted by Crippen LogP contribution is -2.38. The smallest absolute Gasteiger partial charge is 0.257 e. The van der Waals surface area contributed by atoms with Gasteiger partial charge >= 0.3 is 0 Å². The summed E-state index contributed by atoms with van der Waals surface area (Å²) in [6.45, 7) is 2.88. The van der Waals surface area contributed by atoms with Crippen LogP contribution in [-0.4, -0.2) is 61.5 Å². The highest BCUT2D eigenvalue weighted by molar-refractivity contribution is 7.89. The minimum Gasteiger partial charge on any atom is -0.390 e. The fourth-order valence-corrected chi connectivity index (χ4v) is 2.91. The molecule has 0 saturated heterocycles. The average Bonchev–Trinajstić information content (AvgIpc) is 2.75. The van der Waals surface area contributed by atoms with Crippen molar-refractivity contribution >= 4 is 10.0 Å². The van der Waals surface area contributed by atoms with Crippen LogP contribution in [0.2, 0.25) is 0 Å². The third kappa shape index (κ3) is 4.90. The molecule has 1 atom stereocenters. The fourth-order valence-electron chi connectivity index (χ4n) is 1.69. The van der Waals surface area contributed by atoms with Crippen molar-refractivity contribution in [2.75, 3.05) is 27.2 Å². The van der Waals surface area contributed by atoms with E-state index in [1.165, 1.54) is 16.9 Å². The Morgan fingerprint density at radius 1 is 1.53 bits per heavy atom. The molecule has 0 bridgehead atoms. The molecule has 1 aromatic heterocycles. The lowest BCUT2D eigenvalue weighted by molar-refractivity contribution is 0.140. The van der Waals surface area contributed by atoms with Crippen molar-refractivity contribution in [2.45, 2.75) is 31.0 Å². The molecule has 0 aliphatic carbocycles. The normalized spacial score (nSPS) is 13.9. The van der Waals surface area contributed by atoms with Crippen LogP contribution in [-0.2, 0) is 16.6 Å². The topological polar surface area (TPSA) is 87.5 Å². The molecule has 0 saturated carbocycles. The predicted molar refractivity (Wildman–Crippen MR) is 72.3 cm³/mol. The van der Waals surface area contributed by atoms with Crippen LogP contribution in [0.25, 0.3) is 0 Å². The van der Waals surface area contributed by atoms with Gasteiger partial charge in [-0.3, -0.25) is 4.68 Å². The van der Waals surface area contributed by atoms with Gasteiger partial charge in [-0.25, -0.2) is 13.1 Å². The minimum absolute atomic E-state index is 0.0161. The summed E-state index contributed by atoms with van der Waals surface area (Å²) in [6, 6.07) is 1.45. The van der Waals surface area contributed by atoms with E-state index in [0.717, 1.165) is 6.42 Å². The summed E-state index contributed by atoms with van der Waals surface area (Å²) in [4.78, 5) is 1.79. The van der Waals surface area contributed by atoms with Gasteiger partial charge in [-0.2, -0.15) is 5.10 Å². The van der Waals surface area contributed by atoms with E-state index in [4.69, 9.17) is 0 Å². The van der Waals surface area contributed by atoms with Gasteiger partial charge in [0.25, 0.3) is 10.0 Å². The van der Waals surface area contributed by atoms with Crippen LogP contribution in [0.5, 0.6) is 0 Å². The van der Waals surface area contributed by atoms with E-state index in [0.29, 0.717) is 13.1 Å². The van der Waals surface area contributed by atoms with Crippen molar-refractivity contribution in [3.63, 3.8) is 0 Å². The molecule has 1 heterocycles. The molecule has 0 aliphatic heterocycles. The average molecular weight is 290 g/mol. The standard InChI is InChI=1S/C11H22N4O3S/c1-4-7-15-11(5-6-12-15)19(17,18)13-8-10(16)9-14(2)3/h5-6,10,13,16H,4,7-9H2,1-3H3. The molecule has 1 rings (SSSR count). The number of hydrogen-bond donors (Lipinski definition) is 2. The Balaban J connectivity index is 2.68. The molecule has 1 unspecified atom stereocenters. The van der Waals surface area contributed by atoms with E-state index in [1.807, 2.05) is 21.0 Å². The zero-order valence-corrected chi connectivity index (χ0v) is 12.4. The van der Waals surface area contributed by atoms with Crippen molar-refractivity contribution in [1.82, 2.24) is 19.4 Å². The van der Waals surface area contributed by atoms with Gasteiger partial charge in [-0.05, 0) is 26.6 Å². The van der Waals surface area contributed by atoms with Crippen LogP contribution >= 0.6 is 0 Å². The summed E-state index contributed by atoms with van der Waals surface area (Å²) in [5.74, 6) is 0. The second-order valence-electron chi connectivity index (χ2n) is 4.66. The minimum atomic E-state index is -3.63. The van der Waals surface area contributed by atoms with E-state index in [9.17, 15) is 13.5 Å². The summed E-state index contributed by atoms with van der Waals surface area (Å²) in [6.07, 6.45) is 1.51. The monoisotopic (exact) mass is 290 g/mol. The molecule has 0 fully saturated rings. The molecule has 0 amide bonds. The zero-order valence-electron chi connectivity index (χ0n) is 11.6. The number of sulfonamides is 1. The Hall–Kier alpha value is -0.960. The summed E-state index contributed by atoms with van der Waals surface area (Å²) >= 11 is 0. The van der Waals surface area contributed by atoms with Crippen molar-refractivity contribution in [2.24, 2.45) is 0 Å². The second kappa shape index (κ2) is 6.99. The second-order valence-corrected chi connectivity index (χ2v) is 6.37. The third-order valence-electron chi connectivity index (χ3n) is 2.47. The number of aromatic nitrogens is 2. The quantitative estimate of drug-likeness (QED) is 0.673. The fraction of sp³-hybridized carbons (Fsp3) is 0.727. The van der Waals surface area contributed by atoms with Crippen LogP contribution in [0.15, 0.2) is 17.3 Å². The van der Waals surface area contributed by atoms with Gasteiger partial charge in [0.2, 0.25) is 0 Å². The Bertz CT molecular complexity index is 484.